The second kappa shape index (κ2) is 5.64. The van der Waals surface area contributed by atoms with Crippen LogP contribution in [0, 0.1) is 5.92 Å². The highest BCUT2D eigenvalue weighted by Gasteiger charge is 2.20. The standard InChI is InChI=1S/C12H24N2O2/c1-12(2,3)16-11(15)8-13-7-10-5-6-14(4)9-10/h10,13H,5-9H2,1-4H3. The van der Waals surface area contributed by atoms with Gasteiger partial charge in [0.25, 0.3) is 0 Å². The fourth-order valence-electron chi connectivity index (χ4n) is 1.95. The monoisotopic (exact) mass is 228 g/mol. The molecule has 0 aromatic heterocycles. The van der Waals surface area contributed by atoms with Gasteiger partial charge < -0.3 is 15.0 Å². The first-order valence-electron chi connectivity index (χ1n) is 5.98. The van der Waals surface area contributed by atoms with E-state index in [9.17, 15) is 4.79 Å². The Morgan fingerprint density at radius 2 is 2.19 bits per heavy atom. The van der Waals surface area contributed by atoms with Gasteiger partial charge in [-0.1, -0.05) is 0 Å². The lowest BCUT2D eigenvalue weighted by molar-refractivity contribution is -0.153. The smallest absolute Gasteiger partial charge is 0.320 e. The Hall–Kier alpha value is -0.610. The van der Waals surface area contributed by atoms with Crippen LogP contribution in [-0.2, 0) is 9.53 Å². The molecule has 0 aromatic rings. The molecule has 0 bridgehead atoms. The van der Waals surface area contributed by atoms with Gasteiger partial charge in [-0.15, -0.1) is 0 Å². The highest BCUT2D eigenvalue weighted by molar-refractivity contribution is 5.72. The summed E-state index contributed by atoms with van der Waals surface area (Å²) in [5.74, 6) is 0.506. The molecule has 0 spiro atoms. The van der Waals surface area contributed by atoms with Crippen LogP contribution in [0.15, 0.2) is 0 Å². The number of likely N-dealkylation sites (tertiary alicyclic amines) is 1. The lowest BCUT2D eigenvalue weighted by Crippen LogP contribution is -2.34. The Kier molecular flexibility index (Phi) is 4.74. The van der Waals surface area contributed by atoms with Crippen LogP contribution in [0.3, 0.4) is 0 Å². The van der Waals surface area contributed by atoms with Gasteiger partial charge in [0.15, 0.2) is 0 Å². The first kappa shape index (κ1) is 13.5. The Morgan fingerprint density at radius 1 is 1.50 bits per heavy atom. The van der Waals surface area contributed by atoms with Gasteiger partial charge >= 0.3 is 5.97 Å². The van der Waals surface area contributed by atoms with Crippen LogP contribution in [0.4, 0.5) is 0 Å². The van der Waals surface area contributed by atoms with E-state index in [1.54, 1.807) is 0 Å². The average molecular weight is 228 g/mol. The minimum Gasteiger partial charge on any atom is -0.459 e. The maximum Gasteiger partial charge on any atom is 0.320 e. The highest BCUT2D eigenvalue weighted by atomic mass is 16.6. The lowest BCUT2D eigenvalue weighted by Gasteiger charge is -2.20. The Bertz CT molecular complexity index is 236. The molecule has 0 aromatic carbocycles. The highest BCUT2D eigenvalue weighted by Crippen LogP contribution is 2.12. The van der Waals surface area contributed by atoms with Crippen molar-refractivity contribution < 1.29 is 9.53 Å². The molecule has 4 heteroatoms. The SMILES string of the molecule is CN1CCC(CNCC(=O)OC(C)(C)C)C1. The second-order valence-corrected chi connectivity index (χ2v) is 5.63. The van der Waals surface area contributed by atoms with Crippen LogP contribution in [0.2, 0.25) is 0 Å². The third-order valence-electron chi connectivity index (χ3n) is 2.61. The zero-order chi connectivity index (χ0) is 12.2. The fourth-order valence-corrected chi connectivity index (χ4v) is 1.95. The number of rotatable bonds is 4. The van der Waals surface area contributed by atoms with Crippen molar-refractivity contribution in [3.8, 4) is 0 Å². The Balaban J connectivity index is 2.09. The normalized spacial score (nSPS) is 22.4. The van der Waals surface area contributed by atoms with Crippen LogP contribution in [0.5, 0.6) is 0 Å². The third-order valence-corrected chi connectivity index (χ3v) is 2.61. The van der Waals surface area contributed by atoms with Crippen molar-refractivity contribution in [3.63, 3.8) is 0 Å². The summed E-state index contributed by atoms with van der Waals surface area (Å²) in [5.41, 5.74) is -0.383. The molecule has 1 atom stereocenters. The molecule has 0 radical (unpaired) electrons. The molecule has 1 saturated heterocycles. The number of carbonyl (C=O) groups is 1. The van der Waals surface area contributed by atoms with E-state index in [0.29, 0.717) is 12.5 Å². The van der Waals surface area contributed by atoms with Gasteiger partial charge in [0, 0.05) is 6.54 Å². The van der Waals surface area contributed by atoms with E-state index in [4.69, 9.17) is 4.74 Å². The first-order chi connectivity index (χ1) is 7.37. The summed E-state index contributed by atoms with van der Waals surface area (Å²) in [6.07, 6.45) is 1.22. The molecule has 1 fully saturated rings. The molecule has 1 N–H and O–H groups in total. The Labute approximate surface area is 98.3 Å². The maximum atomic E-state index is 11.4. The molecule has 1 aliphatic heterocycles. The maximum absolute atomic E-state index is 11.4. The van der Waals surface area contributed by atoms with Crippen LogP contribution < -0.4 is 5.32 Å². The largest absolute Gasteiger partial charge is 0.459 e. The van der Waals surface area contributed by atoms with Crippen molar-refractivity contribution in [2.45, 2.75) is 32.8 Å². The van der Waals surface area contributed by atoms with Gasteiger partial charge in [-0.3, -0.25) is 4.79 Å². The number of hydrogen-bond donors (Lipinski definition) is 1. The minimum absolute atomic E-state index is 0.168. The van der Waals surface area contributed by atoms with Crippen LogP contribution in [0.25, 0.3) is 0 Å². The van der Waals surface area contributed by atoms with E-state index in [1.807, 2.05) is 20.8 Å². The lowest BCUT2D eigenvalue weighted by atomic mass is 10.1. The van der Waals surface area contributed by atoms with Gasteiger partial charge in [-0.2, -0.15) is 0 Å². The molecule has 1 rings (SSSR count). The van der Waals surface area contributed by atoms with Crippen molar-refractivity contribution in [3.05, 3.63) is 0 Å². The summed E-state index contributed by atoms with van der Waals surface area (Å²) in [4.78, 5) is 13.7. The molecule has 94 valence electrons. The molecular weight excluding hydrogens is 204 g/mol. The molecular formula is C12H24N2O2. The summed E-state index contributed by atoms with van der Waals surface area (Å²) in [6, 6.07) is 0. The van der Waals surface area contributed by atoms with E-state index in [-0.39, 0.29) is 11.6 Å². The topological polar surface area (TPSA) is 41.6 Å². The van der Waals surface area contributed by atoms with Crippen LogP contribution in [-0.4, -0.2) is 49.7 Å². The summed E-state index contributed by atoms with van der Waals surface area (Å²) in [5, 5.41) is 3.17. The van der Waals surface area contributed by atoms with E-state index >= 15 is 0 Å². The summed E-state index contributed by atoms with van der Waals surface area (Å²) >= 11 is 0. The van der Waals surface area contributed by atoms with E-state index in [2.05, 4.69) is 17.3 Å². The number of carbonyl (C=O) groups excluding carboxylic acids is 1. The van der Waals surface area contributed by atoms with Crippen molar-refractivity contribution >= 4 is 5.97 Å². The van der Waals surface area contributed by atoms with Crippen molar-refractivity contribution in [2.75, 3.05) is 33.2 Å². The zero-order valence-corrected chi connectivity index (χ0v) is 10.9. The summed E-state index contributed by atoms with van der Waals surface area (Å²) in [7, 11) is 2.13. The second-order valence-electron chi connectivity index (χ2n) is 5.63. The van der Waals surface area contributed by atoms with Crippen LogP contribution in [0.1, 0.15) is 27.2 Å². The van der Waals surface area contributed by atoms with Crippen LogP contribution >= 0.6 is 0 Å². The molecule has 4 nitrogen and oxygen atoms in total. The minimum atomic E-state index is -0.383. The predicted molar refractivity (Wildman–Crippen MR) is 64.3 cm³/mol. The molecule has 1 heterocycles. The number of hydrogen-bond acceptors (Lipinski definition) is 4. The van der Waals surface area contributed by atoms with Crippen molar-refractivity contribution in [1.29, 1.82) is 0 Å². The molecule has 0 aliphatic carbocycles. The first-order valence-corrected chi connectivity index (χ1v) is 5.98. The molecule has 1 aliphatic rings. The van der Waals surface area contributed by atoms with Gasteiger partial charge in [0.05, 0.1) is 6.54 Å². The quantitative estimate of drug-likeness (QED) is 0.725. The predicted octanol–water partition coefficient (Wildman–Crippen LogP) is 0.869. The zero-order valence-electron chi connectivity index (χ0n) is 10.9. The van der Waals surface area contributed by atoms with E-state index in [0.717, 1.165) is 13.1 Å². The van der Waals surface area contributed by atoms with Gasteiger partial charge in [0.1, 0.15) is 5.60 Å². The van der Waals surface area contributed by atoms with Crippen molar-refractivity contribution in [1.82, 2.24) is 10.2 Å². The van der Waals surface area contributed by atoms with Crippen molar-refractivity contribution in [2.24, 2.45) is 5.92 Å². The fraction of sp³-hybridized carbons (Fsp3) is 0.917. The number of nitrogens with one attached hydrogen (secondary N) is 1. The molecule has 16 heavy (non-hydrogen) atoms. The van der Waals surface area contributed by atoms with Gasteiger partial charge in [-0.05, 0) is 53.2 Å². The summed E-state index contributed by atoms with van der Waals surface area (Å²) in [6.45, 7) is 9.17. The summed E-state index contributed by atoms with van der Waals surface area (Å²) < 4.78 is 5.21. The molecule has 0 saturated carbocycles. The molecule has 0 amide bonds. The van der Waals surface area contributed by atoms with E-state index in [1.165, 1.54) is 13.0 Å². The number of nitrogens with zero attached hydrogens (tertiary/aromatic N) is 1. The number of esters is 1. The third kappa shape index (κ3) is 5.47. The van der Waals surface area contributed by atoms with E-state index < -0.39 is 0 Å². The van der Waals surface area contributed by atoms with Gasteiger partial charge in [-0.25, -0.2) is 0 Å². The average Bonchev–Trinajstić information content (AvgIpc) is 2.48. The van der Waals surface area contributed by atoms with Gasteiger partial charge in [0.2, 0.25) is 0 Å². The number of ether oxygens (including phenoxy) is 1. The Morgan fingerprint density at radius 3 is 2.69 bits per heavy atom. The molecule has 1 unspecified atom stereocenters.